The fourth-order valence-corrected chi connectivity index (χ4v) is 17.9. The zero-order chi connectivity index (χ0) is 77.8. The second-order valence-corrected chi connectivity index (χ2v) is 31.6. The van der Waals surface area contributed by atoms with Crippen LogP contribution in [0.4, 0.5) is 0 Å². The highest BCUT2D eigenvalue weighted by Crippen LogP contribution is 2.39. The second-order valence-electron chi connectivity index (χ2n) is 29.5. The molecule has 24 aromatic rings. The Bertz CT molecular complexity index is 7360. The van der Waals surface area contributed by atoms with Crippen molar-refractivity contribution in [2.45, 2.75) is 55.4 Å². The number of thiophene rings is 2. The van der Waals surface area contributed by atoms with Crippen LogP contribution in [0.3, 0.4) is 0 Å². The quantitative estimate of drug-likeness (QED) is 0.142. The first-order valence-corrected chi connectivity index (χ1v) is 40.4. The van der Waals surface area contributed by atoms with Crippen molar-refractivity contribution in [2.75, 3.05) is 0 Å². The van der Waals surface area contributed by atoms with Gasteiger partial charge in [-0.05, 0) is 193 Å². The molecule has 18 aromatic carbocycles. The molecule has 6 heteroatoms. The lowest BCUT2D eigenvalue weighted by atomic mass is 10.0. The van der Waals surface area contributed by atoms with E-state index in [1.54, 1.807) is 0 Å². The van der Waals surface area contributed by atoms with Crippen LogP contribution in [0.25, 0.3) is 171 Å². The van der Waals surface area contributed by atoms with Crippen molar-refractivity contribution in [3.05, 3.63) is 408 Å². The lowest BCUT2D eigenvalue weighted by molar-refractivity contribution is 0.665. The summed E-state index contributed by atoms with van der Waals surface area (Å²) in [6.07, 6.45) is 0. The minimum Gasteiger partial charge on any atom is -0.456 e. The number of fused-ring (bicyclic) bond motifs is 24. The van der Waals surface area contributed by atoms with E-state index < -0.39 is 0 Å². The molecule has 114 heavy (non-hydrogen) atoms. The molecule has 0 aliphatic rings. The Morgan fingerprint density at radius 3 is 1.21 bits per heavy atom. The molecular weight excluding hydrogens is 1430 g/mol. The first-order chi connectivity index (χ1) is 55.8. The van der Waals surface area contributed by atoms with E-state index in [-0.39, 0.29) is 0 Å². The summed E-state index contributed by atoms with van der Waals surface area (Å²) in [5.41, 5.74) is 18.1. The van der Waals surface area contributed by atoms with Crippen molar-refractivity contribution in [3.63, 3.8) is 0 Å². The lowest BCUT2D eigenvalue weighted by Gasteiger charge is -2.04. The van der Waals surface area contributed by atoms with Gasteiger partial charge in [-0.15, -0.1) is 22.7 Å². The fourth-order valence-electron chi connectivity index (χ4n) is 15.5. The van der Waals surface area contributed by atoms with E-state index >= 15 is 0 Å². The van der Waals surface area contributed by atoms with Gasteiger partial charge in [0.05, 0.1) is 0 Å². The summed E-state index contributed by atoms with van der Waals surface area (Å²) in [4.78, 5) is 0. The Hall–Kier alpha value is -13.4. The number of aryl methyl sites for hydroxylation is 8. The lowest BCUT2D eigenvalue weighted by Crippen LogP contribution is -1.78. The van der Waals surface area contributed by atoms with Gasteiger partial charge in [0.2, 0.25) is 0 Å². The van der Waals surface area contributed by atoms with Crippen molar-refractivity contribution in [3.8, 4) is 0 Å². The molecule has 6 heterocycles. The Morgan fingerprint density at radius 1 is 0.175 bits per heavy atom. The van der Waals surface area contributed by atoms with Gasteiger partial charge >= 0.3 is 0 Å². The molecule has 552 valence electrons. The summed E-state index contributed by atoms with van der Waals surface area (Å²) < 4.78 is 28.5. The van der Waals surface area contributed by atoms with Gasteiger partial charge in [0.1, 0.15) is 44.7 Å². The number of rotatable bonds is 0. The molecule has 0 amide bonds. The second kappa shape index (κ2) is 32.5. The molecule has 0 spiro atoms. The van der Waals surface area contributed by atoms with Crippen LogP contribution >= 0.6 is 22.7 Å². The Balaban J connectivity index is 0.0000000941. The highest BCUT2D eigenvalue weighted by atomic mass is 32.1. The summed E-state index contributed by atoms with van der Waals surface area (Å²) in [6, 6.07) is 127. The highest BCUT2D eigenvalue weighted by molar-refractivity contribution is 7.26. The van der Waals surface area contributed by atoms with Crippen LogP contribution in [0.5, 0.6) is 0 Å². The fraction of sp³-hybridized carbons (Fsp3) is 0.0741. The predicted molar refractivity (Wildman–Crippen MR) is 494 cm³/mol. The van der Waals surface area contributed by atoms with Crippen LogP contribution in [-0.2, 0) is 0 Å². The van der Waals surface area contributed by atoms with Gasteiger partial charge in [-0.25, -0.2) is 0 Å². The molecule has 0 fully saturated rings. The Kier molecular flexibility index (Phi) is 21.0. The van der Waals surface area contributed by atoms with E-state index in [4.69, 9.17) is 17.7 Å². The number of furan rings is 4. The van der Waals surface area contributed by atoms with E-state index in [1.165, 1.54) is 171 Å². The normalized spacial score (nSPS) is 11.2. The highest BCUT2D eigenvalue weighted by Gasteiger charge is 2.12. The van der Waals surface area contributed by atoms with E-state index in [1.807, 2.05) is 114 Å². The molecule has 0 saturated carbocycles. The molecule has 0 aliphatic carbocycles. The van der Waals surface area contributed by atoms with Gasteiger partial charge in [-0.3, -0.25) is 0 Å². The number of benzene rings is 18. The number of para-hydroxylation sites is 5. The average Bonchev–Trinajstić information content (AvgIpc) is 1.75. The maximum absolute atomic E-state index is 5.78. The van der Waals surface area contributed by atoms with Crippen molar-refractivity contribution in [1.82, 2.24) is 0 Å². The van der Waals surface area contributed by atoms with Crippen molar-refractivity contribution < 1.29 is 17.7 Å². The van der Waals surface area contributed by atoms with E-state index in [2.05, 4.69) is 328 Å². The molecule has 0 saturated heterocycles. The van der Waals surface area contributed by atoms with Crippen molar-refractivity contribution in [1.29, 1.82) is 0 Å². The molecule has 0 unspecified atom stereocenters. The summed E-state index contributed by atoms with van der Waals surface area (Å²) >= 11 is 3.76. The molecule has 0 N–H and O–H groups in total. The van der Waals surface area contributed by atoms with Crippen LogP contribution in [0.2, 0.25) is 0 Å². The molecule has 0 aliphatic heterocycles. The minimum atomic E-state index is 0.966. The molecule has 4 nitrogen and oxygen atoms in total. The van der Waals surface area contributed by atoms with Crippen molar-refractivity contribution in [2.24, 2.45) is 0 Å². The maximum Gasteiger partial charge on any atom is 0.138 e. The molecular formula is C108H84O4S2. The van der Waals surface area contributed by atoms with Crippen LogP contribution in [0.15, 0.2) is 382 Å². The first-order valence-electron chi connectivity index (χ1n) is 38.8. The third kappa shape index (κ3) is 15.3. The zero-order valence-electron chi connectivity index (χ0n) is 65.1. The monoisotopic (exact) mass is 1510 g/mol. The Labute approximate surface area is 670 Å². The van der Waals surface area contributed by atoms with Gasteiger partial charge in [0, 0.05) is 83.4 Å². The van der Waals surface area contributed by atoms with Gasteiger partial charge in [-0.1, -0.05) is 314 Å². The molecule has 0 atom stereocenters. The van der Waals surface area contributed by atoms with Crippen molar-refractivity contribution >= 4 is 194 Å². The SMILES string of the molecule is Cc1ccc2c(c1)oc1ccccc12.Cc1ccc2c(c1)sc1ccccc12.Cc1ccc2c(ccc3ccccc32)c1.Cc1ccc2ccc3ccccc3c2c1.Cc1ccc2oc3ccccc3c2c1.Cc1cccc2c1oc1ccccc12.Cc1cccc2c1sc1ccccc12.Cc1cccc2oc3ccccc3c12. The topological polar surface area (TPSA) is 52.6 Å². The summed E-state index contributed by atoms with van der Waals surface area (Å²) in [7, 11) is 0. The predicted octanol–water partition coefficient (Wildman–Crippen LogP) is 32.9. The zero-order valence-corrected chi connectivity index (χ0v) is 66.7. The molecule has 0 radical (unpaired) electrons. The minimum absolute atomic E-state index is 0.966. The van der Waals surface area contributed by atoms with Crippen LogP contribution in [0, 0.1) is 55.4 Å². The molecule has 6 aromatic heterocycles. The summed E-state index contributed by atoms with van der Waals surface area (Å²) in [5, 5.41) is 25.9. The van der Waals surface area contributed by atoms with Crippen LogP contribution in [0.1, 0.15) is 44.5 Å². The van der Waals surface area contributed by atoms with E-state index in [0.717, 1.165) is 44.7 Å². The summed E-state index contributed by atoms with van der Waals surface area (Å²) in [5.74, 6) is 0. The molecule has 0 bridgehead atoms. The third-order valence-electron chi connectivity index (χ3n) is 21.2. The van der Waals surface area contributed by atoms with Gasteiger partial charge in [0.25, 0.3) is 0 Å². The standard InChI is InChI=1S/2C15H12.4C13H10O.2C13H10S/c1-11-6-9-15-13(10-11)8-7-12-4-2-3-5-14(12)15;1-11-6-7-13-9-8-12-4-2-3-5-14(12)15(13)10-11;1-9-5-4-7-11-10-6-2-3-8-12(10)14-13(9)11;1-9-5-4-8-12-13(9)10-6-2-3-7-11(10)14-12;1-9-6-7-13-11(8-9)10-4-2-3-5-12(10)14-13;1-9-6-7-11-10-4-2-3-5-12(10)14-13(11)8-9;1-9-5-4-7-11-10-6-2-3-8-12(10)14-13(9)11;1-9-6-7-11-10-4-2-3-5-12(10)14-13(11)8-9/h2*2-10H,1H3;6*2-8H,1H3. The summed E-state index contributed by atoms with van der Waals surface area (Å²) in [6.45, 7) is 17.0. The Morgan fingerprint density at radius 2 is 0.535 bits per heavy atom. The number of hydrogen-bond donors (Lipinski definition) is 0. The number of hydrogen-bond acceptors (Lipinski definition) is 6. The average molecular weight is 1510 g/mol. The van der Waals surface area contributed by atoms with Crippen LogP contribution < -0.4 is 0 Å². The van der Waals surface area contributed by atoms with E-state index in [0.29, 0.717) is 0 Å². The van der Waals surface area contributed by atoms with Crippen LogP contribution in [-0.4, -0.2) is 0 Å². The van der Waals surface area contributed by atoms with E-state index in [9.17, 15) is 0 Å². The largest absolute Gasteiger partial charge is 0.456 e. The third-order valence-corrected chi connectivity index (χ3v) is 23.7. The molecule has 24 rings (SSSR count). The first kappa shape index (κ1) is 73.4. The smallest absolute Gasteiger partial charge is 0.138 e. The maximum atomic E-state index is 5.78. The van der Waals surface area contributed by atoms with Gasteiger partial charge in [0.15, 0.2) is 0 Å². The van der Waals surface area contributed by atoms with Gasteiger partial charge in [-0.2, -0.15) is 0 Å². The van der Waals surface area contributed by atoms with Gasteiger partial charge < -0.3 is 17.7 Å².